The Morgan fingerprint density at radius 2 is 2.31 bits per heavy atom. The van der Waals surface area contributed by atoms with Crippen molar-refractivity contribution in [2.75, 3.05) is 19.6 Å². The highest BCUT2D eigenvalue weighted by Gasteiger charge is 2.29. The van der Waals surface area contributed by atoms with Gasteiger partial charge in [0.15, 0.2) is 0 Å². The Hall–Kier alpha value is -0.570. The molecule has 13 heavy (non-hydrogen) atoms. The zero-order valence-corrected chi connectivity index (χ0v) is 8.55. The Labute approximate surface area is 79.7 Å². The molecule has 1 atom stereocenters. The van der Waals surface area contributed by atoms with Gasteiger partial charge in [-0.25, -0.2) is 0 Å². The van der Waals surface area contributed by atoms with Gasteiger partial charge in [0.2, 0.25) is 0 Å². The van der Waals surface area contributed by atoms with Crippen LogP contribution in [0.2, 0.25) is 0 Å². The molecule has 1 heterocycles. The van der Waals surface area contributed by atoms with Crippen molar-refractivity contribution >= 4 is 5.97 Å². The van der Waals surface area contributed by atoms with Crippen molar-refractivity contribution in [3.05, 3.63) is 0 Å². The molecule has 0 radical (unpaired) electrons. The number of hydrogen-bond acceptors (Lipinski definition) is 2. The van der Waals surface area contributed by atoms with Gasteiger partial charge in [0, 0.05) is 6.54 Å². The largest absolute Gasteiger partial charge is 0.480 e. The molecular formula is C10H19NO2. The van der Waals surface area contributed by atoms with Gasteiger partial charge in [0.1, 0.15) is 0 Å². The predicted molar refractivity (Wildman–Crippen MR) is 51.7 cm³/mol. The lowest BCUT2D eigenvalue weighted by molar-refractivity contribution is -0.139. The van der Waals surface area contributed by atoms with E-state index in [-0.39, 0.29) is 6.54 Å². The predicted octanol–water partition coefficient (Wildman–Crippen LogP) is 1.58. The number of aliphatic carboxylic acids is 1. The summed E-state index contributed by atoms with van der Waals surface area (Å²) in [7, 11) is 0. The Kier molecular flexibility index (Phi) is 3.31. The molecule has 1 rings (SSSR count). The maximum absolute atomic E-state index is 10.5. The molecule has 1 aliphatic rings. The van der Waals surface area contributed by atoms with Gasteiger partial charge >= 0.3 is 5.97 Å². The van der Waals surface area contributed by atoms with E-state index in [4.69, 9.17) is 5.11 Å². The summed E-state index contributed by atoms with van der Waals surface area (Å²) in [5.41, 5.74) is 0.341. The van der Waals surface area contributed by atoms with Crippen LogP contribution in [0.3, 0.4) is 0 Å². The first-order valence-electron chi connectivity index (χ1n) is 5.00. The normalized spacial score (nSPS) is 30.3. The zero-order chi connectivity index (χ0) is 9.90. The van der Waals surface area contributed by atoms with Gasteiger partial charge in [-0.05, 0) is 31.2 Å². The third-order valence-corrected chi connectivity index (χ3v) is 3.07. The van der Waals surface area contributed by atoms with Crippen LogP contribution in [0, 0.1) is 5.41 Å². The Morgan fingerprint density at radius 3 is 2.85 bits per heavy atom. The molecule has 0 aromatic rings. The standard InChI is InChI=1S/C10H19NO2/c1-3-10(2)5-4-6-11(8-10)7-9(12)13/h3-8H2,1-2H3,(H,12,13). The average molecular weight is 185 g/mol. The van der Waals surface area contributed by atoms with E-state index in [0.717, 1.165) is 25.9 Å². The van der Waals surface area contributed by atoms with E-state index in [1.807, 2.05) is 0 Å². The van der Waals surface area contributed by atoms with Crippen LogP contribution >= 0.6 is 0 Å². The Balaban J connectivity index is 2.46. The highest BCUT2D eigenvalue weighted by Crippen LogP contribution is 2.32. The number of carbonyl (C=O) groups is 1. The van der Waals surface area contributed by atoms with Gasteiger partial charge in [0.25, 0.3) is 0 Å². The second-order valence-corrected chi connectivity index (χ2v) is 4.37. The smallest absolute Gasteiger partial charge is 0.317 e. The topological polar surface area (TPSA) is 40.5 Å². The molecule has 0 aromatic heterocycles. The van der Waals surface area contributed by atoms with Crippen LogP contribution in [-0.4, -0.2) is 35.6 Å². The second-order valence-electron chi connectivity index (χ2n) is 4.37. The molecule has 3 nitrogen and oxygen atoms in total. The summed E-state index contributed by atoms with van der Waals surface area (Å²) in [4.78, 5) is 12.6. The van der Waals surface area contributed by atoms with Gasteiger partial charge in [-0.2, -0.15) is 0 Å². The van der Waals surface area contributed by atoms with E-state index in [1.165, 1.54) is 6.42 Å². The van der Waals surface area contributed by atoms with Crippen LogP contribution in [0.4, 0.5) is 0 Å². The summed E-state index contributed by atoms with van der Waals surface area (Å²) in [6.45, 7) is 6.53. The van der Waals surface area contributed by atoms with Crippen molar-refractivity contribution in [2.45, 2.75) is 33.1 Å². The summed E-state index contributed by atoms with van der Waals surface area (Å²) in [5, 5.41) is 8.67. The highest BCUT2D eigenvalue weighted by atomic mass is 16.4. The van der Waals surface area contributed by atoms with Crippen LogP contribution < -0.4 is 0 Å². The quantitative estimate of drug-likeness (QED) is 0.725. The molecule has 0 amide bonds. The fourth-order valence-corrected chi connectivity index (χ4v) is 2.04. The van der Waals surface area contributed by atoms with Crippen LogP contribution in [0.25, 0.3) is 0 Å². The molecule has 0 spiro atoms. The first-order valence-corrected chi connectivity index (χ1v) is 5.00. The van der Waals surface area contributed by atoms with Gasteiger partial charge in [-0.15, -0.1) is 0 Å². The Morgan fingerprint density at radius 1 is 1.62 bits per heavy atom. The summed E-state index contributed by atoms with van der Waals surface area (Å²) < 4.78 is 0. The number of carboxylic acids is 1. The number of nitrogens with zero attached hydrogens (tertiary/aromatic N) is 1. The second kappa shape index (κ2) is 4.09. The van der Waals surface area contributed by atoms with Crippen molar-refractivity contribution in [2.24, 2.45) is 5.41 Å². The van der Waals surface area contributed by atoms with Crippen LogP contribution in [-0.2, 0) is 4.79 Å². The van der Waals surface area contributed by atoms with Crippen molar-refractivity contribution < 1.29 is 9.90 Å². The first kappa shape index (κ1) is 10.5. The summed E-state index contributed by atoms with van der Waals surface area (Å²) in [5.74, 6) is -0.708. The molecule has 1 aliphatic heterocycles. The lowest BCUT2D eigenvalue weighted by Crippen LogP contribution is -2.43. The van der Waals surface area contributed by atoms with Crippen LogP contribution in [0.15, 0.2) is 0 Å². The third-order valence-electron chi connectivity index (χ3n) is 3.07. The lowest BCUT2D eigenvalue weighted by atomic mass is 9.80. The first-order chi connectivity index (χ1) is 6.06. The fourth-order valence-electron chi connectivity index (χ4n) is 2.04. The molecule has 3 heteroatoms. The van der Waals surface area contributed by atoms with Gasteiger partial charge in [-0.3, -0.25) is 9.69 Å². The number of likely N-dealkylation sites (tertiary alicyclic amines) is 1. The zero-order valence-electron chi connectivity index (χ0n) is 8.55. The number of hydrogen-bond donors (Lipinski definition) is 1. The van der Waals surface area contributed by atoms with E-state index >= 15 is 0 Å². The van der Waals surface area contributed by atoms with E-state index in [9.17, 15) is 4.79 Å². The average Bonchev–Trinajstić information content (AvgIpc) is 2.03. The van der Waals surface area contributed by atoms with E-state index in [1.54, 1.807) is 0 Å². The molecule has 1 unspecified atom stereocenters. The molecule has 0 saturated carbocycles. The summed E-state index contributed by atoms with van der Waals surface area (Å²) >= 11 is 0. The molecule has 0 aliphatic carbocycles. The van der Waals surface area contributed by atoms with Crippen molar-refractivity contribution in [1.82, 2.24) is 4.90 Å². The van der Waals surface area contributed by atoms with Crippen LogP contribution in [0.5, 0.6) is 0 Å². The van der Waals surface area contributed by atoms with E-state index < -0.39 is 5.97 Å². The monoisotopic (exact) mass is 185 g/mol. The number of piperidine rings is 1. The van der Waals surface area contributed by atoms with Crippen molar-refractivity contribution in [3.63, 3.8) is 0 Å². The Bertz CT molecular complexity index is 193. The lowest BCUT2D eigenvalue weighted by Gasteiger charge is -2.39. The summed E-state index contributed by atoms with van der Waals surface area (Å²) in [6, 6.07) is 0. The van der Waals surface area contributed by atoms with Crippen molar-refractivity contribution in [1.29, 1.82) is 0 Å². The maximum atomic E-state index is 10.5. The fraction of sp³-hybridized carbons (Fsp3) is 0.900. The minimum atomic E-state index is -0.708. The highest BCUT2D eigenvalue weighted by molar-refractivity contribution is 5.69. The van der Waals surface area contributed by atoms with E-state index in [2.05, 4.69) is 18.7 Å². The van der Waals surface area contributed by atoms with Gasteiger partial charge in [-0.1, -0.05) is 13.8 Å². The minimum absolute atomic E-state index is 0.204. The van der Waals surface area contributed by atoms with Crippen molar-refractivity contribution in [3.8, 4) is 0 Å². The number of carboxylic acid groups (broad SMARTS) is 1. The van der Waals surface area contributed by atoms with Gasteiger partial charge in [0.05, 0.1) is 6.54 Å². The molecular weight excluding hydrogens is 166 g/mol. The molecule has 76 valence electrons. The van der Waals surface area contributed by atoms with Gasteiger partial charge < -0.3 is 5.11 Å². The maximum Gasteiger partial charge on any atom is 0.317 e. The number of rotatable bonds is 3. The molecule has 1 saturated heterocycles. The molecule has 0 bridgehead atoms. The summed E-state index contributed by atoms with van der Waals surface area (Å²) in [6.07, 6.45) is 3.51. The minimum Gasteiger partial charge on any atom is -0.480 e. The van der Waals surface area contributed by atoms with E-state index in [0.29, 0.717) is 5.41 Å². The molecule has 1 N–H and O–H groups in total. The van der Waals surface area contributed by atoms with Crippen LogP contribution in [0.1, 0.15) is 33.1 Å². The SMILES string of the molecule is CCC1(C)CCCN(CC(=O)O)C1. The molecule has 0 aromatic carbocycles. The third kappa shape index (κ3) is 2.99. The molecule has 1 fully saturated rings.